The van der Waals surface area contributed by atoms with Gasteiger partial charge in [-0.1, -0.05) is 6.07 Å². The van der Waals surface area contributed by atoms with Gasteiger partial charge in [0.15, 0.2) is 0 Å². The van der Waals surface area contributed by atoms with Crippen LogP contribution in [0.2, 0.25) is 0 Å². The number of furan rings is 1. The fourth-order valence-electron chi connectivity index (χ4n) is 1.99. The first-order valence-electron chi connectivity index (χ1n) is 7.15. The topological polar surface area (TPSA) is 83.4 Å². The van der Waals surface area contributed by atoms with E-state index in [4.69, 9.17) is 4.42 Å². The lowest BCUT2D eigenvalue weighted by molar-refractivity contribution is -0.115. The summed E-state index contributed by atoms with van der Waals surface area (Å²) < 4.78 is 18.2. The van der Waals surface area contributed by atoms with E-state index in [-0.39, 0.29) is 12.6 Å². The largest absolute Gasteiger partial charge is 0.469 e. The van der Waals surface area contributed by atoms with Gasteiger partial charge >= 0.3 is 6.03 Å². The van der Waals surface area contributed by atoms with Crippen LogP contribution >= 0.6 is 0 Å². The van der Waals surface area contributed by atoms with Gasteiger partial charge in [0.1, 0.15) is 11.6 Å². The smallest absolute Gasteiger partial charge is 0.315 e. The van der Waals surface area contributed by atoms with Gasteiger partial charge in [0.25, 0.3) is 0 Å². The molecule has 0 saturated carbocycles. The van der Waals surface area contributed by atoms with E-state index < -0.39 is 17.8 Å². The van der Waals surface area contributed by atoms with Gasteiger partial charge in [-0.15, -0.1) is 0 Å². The van der Waals surface area contributed by atoms with Crippen LogP contribution in [0.1, 0.15) is 12.7 Å². The third-order valence-corrected chi connectivity index (χ3v) is 2.98. The highest BCUT2D eigenvalue weighted by molar-refractivity contribution is 5.94. The molecule has 2 rings (SSSR count). The van der Waals surface area contributed by atoms with Crippen LogP contribution in [0, 0.1) is 5.82 Å². The molecule has 122 valence electrons. The molecule has 1 heterocycles. The van der Waals surface area contributed by atoms with Crippen molar-refractivity contribution >= 4 is 17.6 Å². The lowest BCUT2D eigenvalue weighted by Crippen LogP contribution is -2.44. The Morgan fingerprint density at radius 3 is 2.78 bits per heavy atom. The Labute approximate surface area is 133 Å². The molecule has 0 spiro atoms. The molecule has 1 atom stereocenters. The highest BCUT2D eigenvalue weighted by Crippen LogP contribution is 2.08. The van der Waals surface area contributed by atoms with Crippen LogP contribution in [-0.4, -0.2) is 24.5 Å². The van der Waals surface area contributed by atoms with Gasteiger partial charge < -0.3 is 20.4 Å². The second-order valence-corrected chi connectivity index (χ2v) is 5.07. The minimum Gasteiger partial charge on any atom is -0.469 e. The third-order valence-electron chi connectivity index (χ3n) is 2.98. The summed E-state index contributed by atoms with van der Waals surface area (Å²) in [5.41, 5.74) is 0.336. The standard InChI is InChI=1S/C16H18FN3O3/c1-11(8-14-6-3-7-23-14)19-16(22)18-10-15(21)20-13-5-2-4-12(17)9-13/h2-7,9,11H,8,10H2,1H3,(H,20,21)(H2,18,19,22)/t11-/m0/s1. The predicted molar refractivity (Wildman–Crippen MR) is 83.4 cm³/mol. The Bertz CT molecular complexity index is 658. The molecule has 0 aliphatic carbocycles. The normalized spacial score (nSPS) is 11.6. The lowest BCUT2D eigenvalue weighted by atomic mass is 10.2. The summed E-state index contributed by atoms with van der Waals surface area (Å²) in [4.78, 5) is 23.4. The van der Waals surface area contributed by atoms with Crippen molar-refractivity contribution in [3.8, 4) is 0 Å². The van der Waals surface area contributed by atoms with E-state index in [9.17, 15) is 14.0 Å². The van der Waals surface area contributed by atoms with Crippen LogP contribution in [0.25, 0.3) is 0 Å². The molecular formula is C16H18FN3O3. The van der Waals surface area contributed by atoms with Gasteiger partial charge in [-0.05, 0) is 37.3 Å². The van der Waals surface area contributed by atoms with E-state index in [2.05, 4.69) is 16.0 Å². The zero-order chi connectivity index (χ0) is 16.7. The van der Waals surface area contributed by atoms with Crippen LogP contribution in [0.4, 0.5) is 14.9 Å². The van der Waals surface area contributed by atoms with Gasteiger partial charge in [0.2, 0.25) is 5.91 Å². The Kier molecular flexibility index (Phi) is 5.74. The first-order chi connectivity index (χ1) is 11.0. The molecule has 0 bridgehead atoms. The molecule has 1 aromatic heterocycles. The summed E-state index contributed by atoms with van der Waals surface area (Å²) in [5, 5.41) is 7.63. The highest BCUT2D eigenvalue weighted by atomic mass is 19.1. The van der Waals surface area contributed by atoms with Crippen LogP contribution in [0.5, 0.6) is 0 Å². The van der Waals surface area contributed by atoms with E-state index in [1.165, 1.54) is 18.2 Å². The van der Waals surface area contributed by atoms with Crippen molar-refractivity contribution in [1.29, 1.82) is 0 Å². The summed E-state index contributed by atoms with van der Waals surface area (Å²) >= 11 is 0. The number of carbonyl (C=O) groups excluding carboxylic acids is 2. The molecule has 0 unspecified atom stereocenters. The number of halogens is 1. The van der Waals surface area contributed by atoms with Crippen LogP contribution in [0.15, 0.2) is 47.1 Å². The monoisotopic (exact) mass is 319 g/mol. The summed E-state index contributed by atoms with van der Waals surface area (Å²) in [7, 11) is 0. The molecule has 23 heavy (non-hydrogen) atoms. The molecule has 7 heteroatoms. The van der Waals surface area contributed by atoms with E-state index in [1.54, 1.807) is 18.4 Å². The second-order valence-electron chi connectivity index (χ2n) is 5.07. The van der Waals surface area contributed by atoms with Crippen LogP contribution in [0.3, 0.4) is 0 Å². The Hall–Kier alpha value is -2.83. The molecule has 3 N–H and O–H groups in total. The average molecular weight is 319 g/mol. The maximum Gasteiger partial charge on any atom is 0.315 e. The molecule has 3 amide bonds. The SMILES string of the molecule is C[C@@H](Cc1ccco1)NC(=O)NCC(=O)Nc1cccc(F)c1. The molecule has 0 aliphatic heterocycles. The summed E-state index contributed by atoms with van der Waals surface area (Å²) in [6.45, 7) is 1.62. The van der Waals surface area contributed by atoms with Crippen molar-refractivity contribution in [2.45, 2.75) is 19.4 Å². The molecular weight excluding hydrogens is 301 g/mol. The van der Waals surface area contributed by atoms with Gasteiger partial charge in [-0.3, -0.25) is 4.79 Å². The molecule has 0 fully saturated rings. The van der Waals surface area contributed by atoms with Crippen LogP contribution in [-0.2, 0) is 11.2 Å². The van der Waals surface area contributed by atoms with Gasteiger partial charge in [0.05, 0.1) is 12.8 Å². The van der Waals surface area contributed by atoms with E-state index in [0.717, 1.165) is 5.76 Å². The fraction of sp³-hybridized carbons (Fsp3) is 0.250. The summed E-state index contributed by atoms with van der Waals surface area (Å²) in [5.74, 6) is -0.119. The van der Waals surface area contributed by atoms with Crippen molar-refractivity contribution in [2.75, 3.05) is 11.9 Å². The van der Waals surface area contributed by atoms with Gasteiger partial charge in [-0.25, -0.2) is 9.18 Å². The van der Waals surface area contributed by atoms with Crippen molar-refractivity contribution < 1.29 is 18.4 Å². The molecule has 0 radical (unpaired) electrons. The Balaban J connectivity index is 1.70. The van der Waals surface area contributed by atoms with Gasteiger partial charge in [0, 0.05) is 18.2 Å². The van der Waals surface area contributed by atoms with Crippen molar-refractivity contribution in [3.05, 3.63) is 54.2 Å². The third kappa shape index (κ3) is 5.82. The minimum atomic E-state index is -0.460. The molecule has 1 aromatic carbocycles. The summed E-state index contributed by atoms with van der Waals surface area (Å²) in [6.07, 6.45) is 2.12. The predicted octanol–water partition coefficient (Wildman–Crippen LogP) is 2.29. The number of amides is 3. The first kappa shape index (κ1) is 16.5. The quantitative estimate of drug-likeness (QED) is 0.764. The van der Waals surface area contributed by atoms with Crippen LogP contribution < -0.4 is 16.0 Å². The Morgan fingerprint density at radius 2 is 2.09 bits per heavy atom. The number of hydrogen-bond donors (Lipinski definition) is 3. The molecule has 0 aliphatic rings. The molecule has 6 nitrogen and oxygen atoms in total. The molecule has 0 saturated heterocycles. The van der Waals surface area contributed by atoms with E-state index >= 15 is 0 Å². The number of nitrogens with one attached hydrogen (secondary N) is 3. The second kappa shape index (κ2) is 7.98. The molecule has 2 aromatic rings. The average Bonchev–Trinajstić information content (AvgIpc) is 2.98. The van der Waals surface area contributed by atoms with Gasteiger partial charge in [-0.2, -0.15) is 0 Å². The van der Waals surface area contributed by atoms with E-state index in [1.807, 2.05) is 13.0 Å². The fourth-order valence-corrected chi connectivity index (χ4v) is 1.99. The number of anilines is 1. The van der Waals surface area contributed by atoms with Crippen molar-refractivity contribution in [3.63, 3.8) is 0 Å². The van der Waals surface area contributed by atoms with Crippen molar-refractivity contribution in [2.24, 2.45) is 0 Å². The maximum absolute atomic E-state index is 13.0. The van der Waals surface area contributed by atoms with Crippen molar-refractivity contribution in [1.82, 2.24) is 10.6 Å². The first-order valence-corrected chi connectivity index (χ1v) is 7.15. The van der Waals surface area contributed by atoms with E-state index in [0.29, 0.717) is 12.1 Å². The number of carbonyl (C=O) groups is 2. The number of benzene rings is 1. The summed E-state index contributed by atoms with van der Waals surface area (Å²) in [6, 6.07) is 8.52. The number of hydrogen-bond acceptors (Lipinski definition) is 3. The highest BCUT2D eigenvalue weighted by Gasteiger charge is 2.11. The lowest BCUT2D eigenvalue weighted by Gasteiger charge is -2.13. The zero-order valence-electron chi connectivity index (χ0n) is 12.6. The minimum absolute atomic E-state index is 0.146. The zero-order valence-corrected chi connectivity index (χ0v) is 12.6. The number of urea groups is 1. The maximum atomic E-state index is 13.0. The number of rotatable bonds is 6. The Morgan fingerprint density at radius 1 is 1.26 bits per heavy atom.